The topological polar surface area (TPSA) is 17.4 Å². The average Bonchev–Trinajstić information content (AvgIpc) is 3.43. The zero-order chi connectivity index (χ0) is 26.3. The Bertz CT molecular complexity index is 1250. The van der Waals surface area contributed by atoms with Crippen molar-refractivity contribution >= 4 is 16.5 Å². The molecule has 7 rings (SSSR count). The van der Waals surface area contributed by atoms with Crippen molar-refractivity contribution in [3.63, 3.8) is 0 Å². The highest BCUT2D eigenvalue weighted by Crippen LogP contribution is 2.68. The van der Waals surface area contributed by atoms with Crippen LogP contribution in [0.25, 0.3) is 16.5 Å². The van der Waals surface area contributed by atoms with Crippen LogP contribution < -0.4 is 0 Å². The van der Waals surface area contributed by atoms with Gasteiger partial charge in [0.1, 0.15) is 5.72 Å². The van der Waals surface area contributed by atoms with Gasteiger partial charge < -0.3 is 14.2 Å². The van der Waals surface area contributed by atoms with Crippen LogP contribution in [-0.2, 0) is 16.9 Å². The van der Waals surface area contributed by atoms with Gasteiger partial charge in [-0.25, -0.2) is 0 Å². The van der Waals surface area contributed by atoms with E-state index in [1.165, 1.54) is 33.3 Å². The van der Waals surface area contributed by atoms with Gasteiger partial charge >= 0.3 is 0 Å². The lowest BCUT2D eigenvalue weighted by Gasteiger charge is -2.54. The predicted molar refractivity (Wildman–Crippen MR) is 154 cm³/mol. The second-order valence-corrected chi connectivity index (χ2v) is 10.00. The van der Waals surface area contributed by atoms with Crippen molar-refractivity contribution in [2.75, 3.05) is 6.54 Å². The molecule has 0 spiro atoms. The maximum absolute atomic E-state index is 7.14. The highest BCUT2D eigenvalue weighted by atomic mass is 16.5. The monoisotopic (exact) mass is 486 g/mol. The Morgan fingerprint density at radius 1 is 0.972 bits per heavy atom. The van der Waals surface area contributed by atoms with Crippen LogP contribution in [0.15, 0.2) is 54.7 Å². The van der Waals surface area contributed by atoms with Crippen molar-refractivity contribution in [3.05, 3.63) is 77.1 Å². The van der Waals surface area contributed by atoms with E-state index in [2.05, 4.69) is 85.0 Å². The highest BCUT2D eigenvalue weighted by molar-refractivity contribution is 5.87. The molecule has 3 nitrogen and oxygen atoms in total. The zero-order valence-corrected chi connectivity index (χ0v) is 24.0. The third-order valence-corrected chi connectivity index (χ3v) is 8.40. The number of para-hydroxylation sites is 1. The van der Waals surface area contributed by atoms with Gasteiger partial charge in [0, 0.05) is 41.2 Å². The molecule has 36 heavy (non-hydrogen) atoms. The number of hydrogen-bond acceptors (Lipinski definition) is 2. The molecule has 1 aromatic heterocycles. The van der Waals surface area contributed by atoms with E-state index < -0.39 is 0 Å². The van der Waals surface area contributed by atoms with Crippen molar-refractivity contribution in [1.82, 2.24) is 9.47 Å². The molecule has 0 aliphatic carbocycles. The van der Waals surface area contributed by atoms with Gasteiger partial charge in [0.25, 0.3) is 0 Å². The molecule has 0 N–H and O–H groups in total. The first-order valence-electron chi connectivity index (χ1n) is 14.4. The van der Waals surface area contributed by atoms with E-state index in [-0.39, 0.29) is 17.2 Å². The van der Waals surface area contributed by atoms with E-state index in [0.717, 1.165) is 25.8 Å². The van der Waals surface area contributed by atoms with Gasteiger partial charge in [-0.15, -0.1) is 0 Å². The number of ether oxygens (including phenoxy) is 1. The van der Waals surface area contributed by atoms with E-state index in [1.54, 1.807) is 5.56 Å². The molecule has 1 saturated heterocycles. The molecule has 4 aliphatic rings. The van der Waals surface area contributed by atoms with Gasteiger partial charge in [-0.2, -0.15) is 0 Å². The van der Waals surface area contributed by atoms with Crippen LogP contribution in [0, 0.1) is 12.3 Å². The second kappa shape index (κ2) is 10.1. The third kappa shape index (κ3) is 3.49. The van der Waals surface area contributed by atoms with E-state index in [4.69, 9.17) is 4.74 Å². The van der Waals surface area contributed by atoms with Crippen LogP contribution in [-0.4, -0.2) is 22.1 Å². The first-order valence-corrected chi connectivity index (χ1v) is 14.4. The normalized spacial score (nSPS) is 28.1. The van der Waals surface area contributed by atoms with Crippen LogP contribution in [0.2, 0.25) is 0 Å². The Balaban J connectivity index is 0.000000475. The number of nitrogens with zero attached hydrogens (tertiary/aromatic N) is 2. The molecule has 1 fully saturated rings. The molecule has 0 amide bonds. The first kappa shape index (κ1) is 26.5. The molecule has 0 saturated carbocycles. The molecule has 0 radical (unpaired) electrons. The summed E-state index contributed by atoms with van der Waals surface area (Å²) in [5.74, 6) is 0. The standard InChI is InChI=1S/C27H28N2O.3C2H6/c1-4-27-16-26(3)29-22-11-6-5-10-19(22)20-12-13-28(24(27)23(20)29)15-21(25(27)30-26)18-9-7-8-17(2)14-18;3*1-2/h5-11,14-15,24-25H,4,12-13,16H2,1-3H3;3*1-2H3. The quantitative estimate of drug-likeness (QED) is 0.360. The van der Waals surface area contributed by atoms with E-state index in [0.29, 0.717) is 6.04 Å². The van der Waals surface area contributed by atoms with Crippen LogP contribution in [0.4, 0.5) is 0 Å². The SMILES string of the molecule is CC.CC.CC.CCC12CC3(C)OC1C(c1cccc(C)c1)=CN1CCc4c(n3c3ccccc43)C12. The van der Waals surface area contributed by atoms with Crippen molar-refractivity contribution in [2.45, 2.75) is 99.4 Å². The fourth-order valence-electron chi connectivity index (χ4n) is 7.32. The minimum Gasteiger partial charge on any atom is -0.368 e. The lowest BCUT2D eigenvalue weighted by molar-refractivity contribution is -0.0643. The summed E-state index contributed by atoms with van der Waals surface area (Å²) in [4.78, 5) is 2.66. The molecule has 5 heterocycles. The zero-order valence-electron chi connectivity index (χ0n) is 24.0. The summed E-state index contributed by atoms with van der Waals surface area (Å²) in [6.07, 6.45) is 5.91. The number of aromatic nitrogens is 1. The van der Waals surface area contributed by atoms with Crippen molar-refractivity contribution in [1.29, 1.82) is 0 Å². The van der Waals surface area contributed by atoms with Gasteiger partial charge in [-0.05, 0) is 43.9 Å². The van der Waals surface area contributed by atoms with Crippen molar-refractivity contribution in [2.24, 2.45) is 5.41 Å². The van der Waals surface area contributed by atoms with Crippen LogP contribution >= 0.6 is 0 Å². The number of rotatable bonds is 2. The van der Waals surface area contributed by atoms with Gasteiger partial charge in [0.15, 0.2) is 0 Å². The Labute approximate surface area is 219 Å². The molecule has 2 aromatic carbocycles. The minimum atomic E-state index is -0.291. The largest absolute Gasteiger partial charge is 0.368 e. The van der Waals surface area contributed by atoms with Gasteiger partial charge in [-0.1, -0.05) is 96.5 Å². The van der Waals surface area contributed by atoms with Gasteiger partial charge in [0.05, 0.1) is 17.7 Å². The third-order valence-electron chi connectivity index (χ3n) is 8.40. The molecule has 3 aromatic rings. The maximum Gasteiger partial charge on any atom is 0.143 e. The van der Waals surface area contributed by atoms with E-state index in [9.17, 15) is 0 Å². The summed E-state index contributed by atoms with van der Waals surface area (Å²) >= 11 is 0. The molecule has 194 valence electrons. The average molecular weight is 487 g/mol. The number of benzene rings is 2. The lowest BCUT2D eigenvalue weighted by atomic mass is 9.62. The lowest BCUT2D eigenvalue weighted by Crippen LogP contribution is -2.53. The molecule has 2 bridgehead atoms. The Hall–Kier alpha value is -2.52. The summed E-state index contributed by atoms with van der Waals surface area (Å²) in [7, 11) is 0. The van der Waals surface area contributed by atoms with Crippen molar-refractivity contribution < 1.29 is 4.74 Å². The molecular formula is C33H46N2O. The van der Waals surface area contributed by atoms with Gasteiger partial charge in [0.2, 0.25) is 0 Å². The van der Waals surface area contributed by atoms with Crippen LogP contribution in [0.1, 0.15) is 96.7 Å². The summed E-state index contributed by atoms with van der Waals surface area (Å²) < 4.78 is 9.72. The van der Waals surface area contributed by atoms with Crippen molar-refractivity contribution in [3.8, 4) is 0 Å². The number of hydrogen-bond donors (Lipinski definition) is 0. The van der Waals surface area contributed by atoms with Crippen LogP contribution in [0.3, 0.4) is 0 Å². The predicted octanol–water partition coefficient (Wildman–Crippen LogP) is 8.85. The number of fused-ring (bicyclic) bond motifs is 5. The molecule has 4 aliphatic heterocycles. The van der Waals surface area contributed by atoms with E-state index in [1.807, 2.05) is 41.5 Å². The summed E-state index contributed by atoms with van der Waals surface area (Å²) in [5, 5.41) is 1.43. The Kier molecular flexibility index (Phi) is 7.44. The fraction of sp³-hybridized carbons (Fsp3) is 0.515. The summed E-state index contributed by atoms with van der Waals surface area (Å²) in [5.41, 5.74) is 8.28. The van der Waals surface area contributed by atoms with E-state index >= 15 is 0 Å². The molecular weight excluding hydrogens is 440 g/mol. The fourth-order valence-corrected chi connectivity index (χ4v) is 7.32. The summed E-state index contributed by atoms with van der Waals surface area (Å²) in [6, 6.07) is 18.3. The minimum absolute atomic E-state index is 0.127. The Morgan fingerprint density at radius 2 is 1.69 bits per heavy atom. The smallest absolute Gasteiger partial charge is 0.143 e. The molecule has 4 unspecified atom stereocenters. The molecule has 4 atom stereocenters. The van der Waals surface area contributed by atoms with Crippen LogP contribution in [0.5, 0.6) is 0 Å². The molecule has 3 heteroatoms. The summed E-state index contributed by atoms with van der Waals surface area (Å²) in [6.45, 7) is 20.0. The Morgan fingerprint density at radius 3 is 2.39 bits per heavy atom. The second-order valence-electron chi connectivity index (χ2n) is 10.00. The maximum atomic E-state index is 7.14. The van der Waals surface area contributed by atoms with Gasteiger partial charge in [-0.3, -0.25) is 0 Å². The highest BCUT2D eigenvalue weighted by Gasteiger charge is 2.67. The number of aryl methyl sites for hydroxylation is 1. The first-order chi connectivity index (χ1) is 17.6.